The molecule has 0 spiro atoms. The Morgan fingerprint density at radius 2 is 0.810 bits per heavy atom. The quantitative estimate of drug-likeness (QED) is 0.0321. The number of esters is 1. The summed E-state index contributed by atoms with van der Waals surface area (Å²) in [5, 5.41) is 23.8. The number of hydrogen-bond acceptors (Lipinski definition) is 5. The van der Waals surface area contributed by atoms with Crippen LogP contribution in [-0.4, -0.2) is 46.9 Å². The van der Waals surface area contributed by atoms with Gasteiger partial charge in [0.15, 0.2) is 0 Å². The maximum atomic E-state index is 13.2. The normalized spacial score (nSPS) is 13.4. The van der Waals surface area contributed by atoms with E-state index < -0.39 is 18.2 Å². The molecule has 0 aromatic heterocycles. The van der Waals surface area contributed by atoms with Gasteiger partial charge in [-0.25, -0.2) is 0 Å². The van der Waals surface area contributed by atoms with Crippen LogP contribution in [-0.2, 0) is 14.3 Å². The lowest BCUT2D eigenvalue weighted by atomic mass is 10.0. The van der Waals surface area contributed by atoms with Crippen molar-refractivity contribution in [1.29, 1.82) is 0 Å². The van der Waals surface area contributed by atoms with Crippen molar-refractivity contribution >= 4 is 11.9 Å². The predicted octanol–water partition coefficient (Wildman–Crippen LogP) is 16.8. The Labute approximate surface area is 392 Å². The van der Waals surface area contributed by atoms with Gasteiger partial charge in [-0.2, -0.15) is 0 Å². The number of allylic oxidation sites excluding steroid dienone is 6. The lowest BCUT2D eigenvalue weighted by Gasteiger charge is -2.24. The maximum Gasteiger partial charge on any atom is 0.306 e. The molecule has 63 heavy (non-hydrogen) atoms. The topological polar surface area (TPSA) is 95.9 Å². The molecule has 3 atom stereocenters. The predicted molar refractivity (Wildman–Crippen MR) is 273 cm³/mol. The Hall–Kier alpha value is -1.92. The van der Waals surface area contributed by atoms with Gasteiger partial charge in [0, 0.05) is 6.42 Å². The van der Waals surface area contributed by atoms with E-state index in [1.165, 1.54) is 173 Å². The van der Waals surface area contributed by atoms with Crippen molar-refractivity contribution < 1.29 is 24.5 Å². The van der Waals surface area contributed by atoms with Gasteiger partial charge in [0.1, 0.15) is 6.10 Å². The first kappa shape index (κ1) is 61.1. The monoisotopic (exact) mass is 886 g/mol. The molecule has 0 radical (unpaired) electrons. The minimum Gasteiger partial charge on any atom is -0.462 e. The van der Waals surface area contributed by atoms with Crippen LogP contribution < -0.4 is 5.32 Å². The number of carbonyl (C=O) groups excluding carboxylic acids is 2. The van der Waals surface area contributed by atoms with Crippen LogP contribution in [0.3, 0.4) is 0 Å². The molecule has 0 aromatic carbocycles. The zero-order valence-electron chi connectivity index (χ0n) is 42.2. The van der Waals surface area contributed by atoms with Crippen molar-refractivity contribution in [3.63, 3.8) is 0 Å². The molecule has 0 fully saturated rings. The van der Waals surface area contributed by atoms with E-state index in [4.69, 9.17) is 4.74 Å². The third kappa shape index (κ3) is 46.4. The van der Waals surface area contributed by atoms with Gasteiger partial charge in [-0.3, -0.25) is 9.59 Å². The third-order valence-corrected chi connectivity index (χ3v) is 12.7. The van der Waals surface area contributed by atoms with E-state index in [9.17, 15) is 19.8 Å². The van der Waals surface area contributed by atoms with Gasteiger partial charge in [-0.15, -0.1) is 0 Å². The zero-order valence-corrected chi connectivity index (χ0v) is 42.2. The average Bonchev–Trinajstić information content (AvgIpc) is 3.28. The summed E-state index contributed by atoms with van der Waals surface area (Å²) in [7, 11) is 0. The summed E-state index contributed by atoms with van der Waals surface area (Å²) in [6.07, 6.45) is 60.6. The van der Waals surface area contributed by atoms with Crippen molar-refractivity contribution in [2.45, 2.75) is 309 Å². The van der Waals surface area contributed by atoms with E-state index >= 15 is 0 Å². The lowest BCUT2D eigenvalue weighted by molar-refractivity contribution is -0.151. The Morgan fingerprint density at radius 3 is 1.25 bits per heavy atom. The second kappa shape index (κ2) is 51.1. The highest BCUT2D eigenvalue weighted by atomic mass is 16.5. The number of unbranched alkanes of at least 4 members (excludes halogenated alkanes) is 32. The minimum atomic E-state index is -0.786. The first-order chi connectivity index (χ1) is 31.0. The number of aliphatic hydroxyl groups excluding tert-OH is 2. The highest BCUT2D eigenvalue weighted by molar-refractivity contribution is 5.77. The third-order valence-electron chi connectivity index (χ3n) is 12.7. The molecule has 3 N–H and O–H groups in total. The smallest absolute Gasteiger partial charge is 0.306 e. The van der Waals surface area contributed by atoms with Crippen LogP contribution in [0.5, 0.6) is 0 Å². The number of carbonyl (C=O) groups is 2. The average molecular weight is 886 g/mol. The minimum absolute atomic E-state index is 0.0765. The molecule has 0 aliphatic carbocycles. The van der Waals surface area contributed by atoms with E-state index in [1.807, 2.05) is 0 Å². The number of amides is 1. The summed E-state index contributed by atoms with van der Waals surface area (Å²) in [6.45, 7) is 6.47. The summed E-state index contributed by atoms with van der Waals surface area (Å²) >= 11 is 0. The fourth-order valence-corrected chi connectivity index (χ4v) is 8.50. The fourth-order valence-electron chi connectivity index (χ4n) is 8.50. The zero-order chi connectivity index (χ0) is 45.9. The van der Waals surface area contributed by atoms with Crippen LogP contribution in [0.1, 0.15) is 290 Å². The highest BCUT2D eigenvalue weighted by Crippen LogP contribution is 2.18. The largest absolute Gasteiger partial charge is 0.462 e. The number of nitrogens with one attached hydrogen (secondary N) is 1. The first-order valence-corrected chi connectivity index (χ1v) is 27.7. The summed E-state index contributed by atoms with van der Waals surface area (Å²) in [4.78, 5) is 26.2. The molecule has 6 heteroatoms. The van der Waals surface area contributed by atoms with Crippen LogP contribution in [0.15, 0.2) is 36.5 Å². The molecular weight excluding hydrogens is 779 g/mol. The van der Waals surface area contributed by atoms with E-state index in [1.54, 1.807) is 0 Å². The molecule has 0 heterocycles. The van der Waals surface area contributed by atoms with Crippen LogP contribution >= 0.6 is 0 Å². The van der Waals surface area contributed by atoms with E-state index in [0.29, 0.717) is 19.3 Å². The van der Waals surface area contributed by atoms with Crippen molar-refractivity contribution in [1.82, 2.24) is 5.32 Å². The molecule has 3 unspecified atom stereocenters. The molecule has 1 amide bonds. The fraction of sp³-hybridized carbons (Fsp3) is 0.860. The second-order valence-corrected chi connectivity index (χ2v) is 19.0. The molecule has 0 aliphatic heterocycles. The maximum absolute atomic E-state index is 13.2. The van der Waals surface area contributed by atoms with Crippen molar-refractivity contribution in [3.8, 4) is 0 Å². The molecule has 370 valence electrons. The van der Waals surface area contributed by atoms with E-state index in [2.05, 4.69) is 62.5 Å². The van der Waals surface area contributed by atoms with E-state index in [-0.39, 0.29) is 24.9 Å². The van der Waals surface area contributed by atoms with Crippen molar-refractivity contribution in [2.75, 3.05) is 6.61 Å². The van der Waals surface area contributed by atoms with Gasteiger partial charge >= 0.3 is 5.97 Å². The summed E-state index contributed by atoms with van der Waals surface area (Å²) in [6, 6.07) is -0.700. The van der Waals surface area contributed by atoms with Crippen LogP contribution in [0.4, 0.5) is 0 Å². The Morgan fingerprint density at radius 1 is 0.460 bits per heavy atom. The Kier molecular flexibility index (Phi) is 49.5. The van der Waals surface area contributed by atoms with Gasteiger partial charge in [0.2, 0.25) is 5.91 Å². The van der Waals surface area contributed by atoms with Crippen molar-refractivity contribution in [2.24, 2.45) is 0 Å². The molecule has 6 nitrogen and oxygen atoms in total. The number of hydrogen-bond donors (Lipinski definition) is 3. The number of rotatable bonds is 50. The van der Waals surface area contributed by atoms with Gasteiger partial charge in [0.05, 0.1) is 25.2 Å². The second-order valence-electron chi connectivity index (χ2n) is 19.0. The molecule has 0 saturated heterocycles. The molecule has 0 saturated carbocycles. The summed E-state index contributed by atoms with van der Waals surface area (Å²) in [5.41, 5.74) is 0. The van der Waals surface area contributed by atoms with Crippen LogP contribution in [0.25, 0.3) is 0 Å². The summed E-state index contributed by atoms with van der Waals surface area (Å²) in [5.74, 6) is -0.474. The Bertz CT molecular complexity index is 1040. The van der Waals surface area contributed by atoms with Crippen LogP contribution in [0, 0.1) is 0 Å². The SMILES string of the molecule is CCCCC/C=C\C/C=C\C/C=C\CCCCCCCCC(=O)OC(CCCCCCCCCCCCCCCCC)CC(=O)NC(CO)C(O)CCCCCCCCCCCC. The Balaban J connectivity index is 4.54. The standard InChI is InChI=1S/C57H107NO5/c1-4-7-10-13-16-19-22-24-26-27-28-29-31-33-35-38-41-44-47-50-57(62)63-53(48-45-42-39-36-34-32-30-25-23-20-17-14-11-8-5-2)51-56(61)58-54(52-59)55(60)49-46-43-40-37-21-18-15-12-9-6-3/h16,19,24,26,28-29,53-55,59-60H,4-15,17-18,20-23,25,27,30-52H2,1-3H3,(H,58,61)/b19-16-,26-24-,29-28-. The van der Waals surface area contributed by atoms with Gasteiger partial charge in [-0.1, -0.05) is 250 Å². The summed E-state index contributed by atoms with van der Waals surface area (Å²) < 4.78 is 5.95. The first-order valence-electron chi connectivity index (χ1n) is 27.7. The van der Waals surface area contributed by atoms with Gasteiger partial charge < -0.3 is 20.3 Å². The van der Waals surface area contributed by atoms with Crippen molar-refractivity contribution in [3.05, 3.63) is 36.5 Å². The lowest BCUT2D eigenvalue weighted by Crippen LogP contribution is -2.46. The molecule has 0 aromatic rings. The molecular formula is C57H107NO5. The number of aliphatic hydroxyl groups is 2. The molecule has 0 aliphatic rings. The van der Waals surface area contributed by atoms with Gasteiger partial charge in [0.25, 0.3) is 0 Å². The molecule has 0 rings (SSSR count). The number of ether oxygens (including phenoxy) is 1. The highest BCUT2D eigenvalue weighted by Gasteiger charge is 2.24. The van der Waals surface area contributed by atoms with Crippen LogP contribution in [0.2, 0.25) is 0 Å². The van der Waals surface area contributed by atoms with Gasteiger partial charge in [-0.05, 0) is 64.2 Å². The van der Waals surface area contributed by atoms with E-state index in [0.717, 1.165) is 70.6 Å². The molecule has 0 bridgehead atoms.